The lowest BCUT2D eigenvalue weighted by Gasteiger charge is -2.12. The number of aromatic nitrogens is 3. The van der Waals surface area contributed by atoms with Crippen LogP contribution in [-0.4, -0.2) is 20.5 Å². The maximum absolute atomic E-state index is 12.0. The molecule has 0 amide bonds. The summed E-state index contributed by atoms with van der Waals surface area (Å²) in [5, 5.41) is 4.17. The molecule has 0 aliphatic rings. The molecule has 0 radical (unpaired) electrons. The third kappa shape index (κ3) is 3.95. The topological polar surface area (TPSA) is 47.8 Å². The molecule has 0 N–H and O–H groups in total. The fourth-order valence-corrected chi connectivity index (χ4v) is 1.97. The van der Waals surface area contributed by atoms with Gasteiger partial charge in [-0.05, 0) is 18.8 Å². The molecule has 1 aromatic heterocycles. The van der Waals surface area contributed by atoms with Crippen molar-refractivity contribution in [2.75, 3.05) is 0 Å². The maximum atomic E-state index is 12.0. The molecule has 0 bridgehead atoms. The summed E-state index contributed by atoms with van der Waals surface area (Å²) in [5.41, 5.74) is 0. The van der Waals surface area contributed by atoms with E-state index in [1.165, 1.54) is 6.33 Å². The highest BCUT2D eigenvalue weighted by molar-refractivity contribution is 5.82. The van der Waals surface area contributed by atoms with Crippen LogP contribution in [0.25, 0.3) is 0 Å². The van der Waals surface area contributed by atoms with Gasteiger partial charge in [-0.25, -0.2) is 9.67 Å². The summed E-state index contributed by atoms with van der Waals surface area (Å²) in [4.78, 5) is 16.2. The SMILES string of the molecule is CCC(CC)C(=O)Cc1ncnn1CC(C)C. The van der Waals surface area contributed by atoms with E-state index in [-0.39, 0.29) is 11.7 Å². The second-order valence-electron chi connectivity index (χ2n) is 4.91. The van der Waals surface area contributed by atoms with Crippen molar-refractivity contribution in [3.05, 3.63) is 12.2 Å². The van der Waals surface area contributed by atoms with E-state index in [1.54, 1.807) is 0 Å². The number of rotatable bonds is 7. The van der Waals surface area contributed by atoms with Crippen molar-refractivity contribution >= 4 is 5.78 Å². The Morgan fingerprint density at radius 2 is 2.00 bits per heavy atom. The number of Topliss-reactive ketones (excluding diaryl/α,β-unsaturated/α-hetero) is 1. The minimum absolute atomic E-state index is 0.166. The first-order chi connectivity index (χ1) is 8.08. The molecular weight excluding hydrogens is 214 g/mol. The quantitative estimate of drug-likeness (QED) is 0.732. The van der Waals surface area contributed by atoms with Crippen LogP contribution in [0.1, 0.15) is 46.4 Å². The summed E-state index contributed by atoms with van der Waals surface area (Å²) in [7, 11) is 0. The molecule has 0 atom stereocenters. The highest BCUT2D eigenvalue weighted by atomic mass is 16.1. The van der Waals surface area contributed by atoms with E-state index in [0.29, 0.717) is 12.3 Å². The first kappa shape index (κ1) is 13.9. The van der Waals surface area contributed by atoms with Crippen molar-refractivity contribution in [3.8, 4) is 0 Å². The Balaban J connectivity index is 2.68. The summed E-state index contributed by atoms with van der Waals surface area (Å²) < 4.78 is 1.85. The number of hydrogen-bond donors (Lipinski definition) is 0. The number of hydrogen-bond acceptors (Lipinski definition) is 3. The predicted molar refractivity (Wildman–Crippen MR) is 67.6 cm³/mol. The van der Waals surface area contributed by atoms with Crippen molar-refractivity contribution in [1.29, 1.82) is 0 Å². The van der Waals surface area contributed by atoms with Gasteiger partial charge in [-0.1, -0.05) is 27.7 Å². The molecule has 0 aromatic carbocycles. The molecule has 0 aliphatic carbocycles. The molecule has 96 valence electrons. The monoisotopic (exact) mass is 237 g/mol. The highest BCUT2D eigenvalue weighted by Crippen LogP contribution is 2.12. The van der Waals surface area contributed by atoms with Gasteiger partial charge in [-0.15, -0.1) is 0 Å². The van der Waals surface area contributed by atoms with Gasteiger partial charge >= 0.3 is 0 Å². The normalized spacial score (nSPS) is 11.4. The van der Waals surface area contributed by atoms with Crippen LogP contribution in [0.15, 0.2) is 6.33 Å². The smallest absolute Gasteiger partial charge is 0.143 e. The summed E-state index contributed by atoms with van der Waals surface area (Å²) in [5.74, 6) is 1.77. The molecule has 1 rings (SSSR count). The van der Waals surface area contributed by atoms with Crippen LogP contribution in [0.3, 0.4) is 0 Å². The molecule has 1 heterocycles. The van der Waals surface area contributed by atoms with Crippen LogP contribution in [0.4, 0.5) is 0 Å². The van der Waals surface area contributed by atoms with Crippen molar-refractivity contribution < 1.29 is 4.79 Å². The Labute approximate surface area is 103 Å². The average Bonchev–Trinajstić information content (AvgIpc) is 2.66. The standard InChI is InChI=1S/C13H23N3O/c1-5-11(6-2)12(17)7-13-14-9-15-16(13)8-10(3)4/h9-11H,5-8H2,1-4H3. The van der Waals surface area contributed by atoms with Crippen LogP contribution in [-0.2, 0) is 17.8 Å². The lowest BCUT2D eigenvalue weighted by Crippen LogP contribution is -2.19. The first-order valence-electron chi connectivity index (χ1n) is 6.47. The van der Waals surface area contributed by atoms with E-state index < -0.39 is 0 Å². The maximum Gasteiger partial charge on any atom is 0.143 e. The summed E-state index contributed by atoms with van der Waals surface area (Å²) in [6, 6.07) is 0. The zero-order valence-corrected chi connectivity index (χ0v) is 11.3. The molecular formula is C13H23N3O. The molecule has 0 saturated carbocycles. The molecule has 1 aromatic rings. The second kappa shape index (κ2) is 6.52. The Bertz CT molecular complexity index is 353. The Kier molecular flexibility index (Phi) is 5.32. The lowest BCUT2D eigenvalue weighted by atomic mass is 9.96. The van der Waals surface area contributed by atoms with Gasteiger partial charge < -0.3 is 0 Å². The van der Waals surface area contributed by atoms with E-state index in [4.69, 9.17) is 0 Å². The largest absolute Gasteiger partial charge is 0.299 e. The van der Waals surface area contributed by atoms with E-state index in [2.05, 4.69) is 37.8 Å². The van der Waals surface area contributed by atoms with E-state index >= 15 is 0 Å². The Morgan fingerprint density at radius 1 is 1.35 bits per heavy atom. The van der Waals surface area contributed by atoms with E-state index in [0.717, 1.165) is 25.2 Å². The van der Waals surface area contributed by atoms with E-state index in [9.17, 15) is 4.79 Å². The van der Waals surface area contributed by atoms with Gasteiger partial charge in [0.25, 0.3) is 0 Å². The lowest BCUT2D eigenvalue weighted by molar-refractivity contribution is -0.122. The van der Waals surface area contributed by atoms with Crippen LogP contribution >= 0.6 is 0 Å². The van der Waals surface area contributed by atoms with Crippen LogP contribution in [0.2, 0.25) is 0 Å². The van der Waals surface area contributed by atoms with Crippen LogP contribution in [0.5, 0.6) is 0 Å². The van der Waals surface area contributed by atoms with Gasteiger partial charge in [0.2, 0.25) is 0 Å². The number of ketones is 1. The molecule has 0 spiro atoms. The summed E-state index contributed by atoms with van der Waals surface area (Å²) in [6.45, 7) is 9.21. The Hall–Kier alpha value is -1.19. The molecule has 4 nitrogen and oxygen atoms in total. The fraction of sp³-hybridized carbons (Fsp3) is 0.769. The van der Waals surface area contributed by atoms with Crippen molar-refractivity contribution in [3.63, 3.8) is 0 Å². The molecule has 4 heteroatoms. The van der Waals surface area contributed by atoms with Gasteiger partial charge in [0.05, 0.1) is 6.42 Å². The predicted octanol–water partition coefficient (Wildman–Crippen LogP) is 2.48. The summed E-state index contributed by atoms with van der Waals surface area (Å²) >= 11 is 0. The van der Waals surface area contributed by atoms with Crippen molar-refractivity contribution in [2.45, 2.75) is 53.5 Å². The van der Waals surface area contributed by atoms with Gasteiger partial charge in [0.1, 0.15) is 17.9 Å². The van der Waals surface area contributed by atoms with Gasteiger partial charge in [-0.2, -0.15) is 5.10 Å². The zero-order chi connectivity index (χ0) is 12.8. The highest BCUT2D eigenvalue weighted by Gasteiger charge is 2.17. The first-order valence-corrected chi connectivity index (χ1v) is 6.47. The molecule has 0 unspecified atom stereocenters. The molecule has 0 fully saturated rings. The van der Waals surface area contributed by atoms with Crippen LogP contribution < -0.4 is 0 Å². The van der Waals surface area contributed by atoms with E-state index in [1.807, 2.05) is 4.68 Å². The van der Waals surface area contributed by atoms with Gasteiger partial charge in [0, 0.05) is 12.5 Å². The van der Waals surface area contributed by atoms with Crippen molar-refractivity contribution in [1.82, 2.24) is 14.8 Å². The number of carbonyl (C=O) groups excluding carboxylic acids is 1. The third-order valence-corrected chi connectivity index (χ3v) is 3.01. The minimum atomic E-state index is 0.166. The van der Waals surface area contributed by atoms with Gasteiger partial charge in [-0.3, -0.25) is 4.79 Å². The Morgan fingerprint density at radius 3 is 2.53 bits per heavy atom. The number of carbonyl (C=O) groups is 1. The van der Waals surface area contributed by atoms with Gasteiger partial charge in [0.15, 0.2) is 0 Å². The van der Waals surface area contributed by atoms with Crippen molar-refractivity contribution in [2.24, 2.45) is 11.8 Å². The third-order valence-electron chi connectivity index (χ3n) is 3.01. The molecule has 17 heavy (non-hydrogen) atoms. The fourth-order valence-electron chi connectivity index (χ4n) is 1.97. The molecule has 0 aliphatic heterocycles. The minimum Gasteiger partial charge on any atom is -0.299 e. The summed E-state index contributed by atoms with van der Waals surface area (Å²) in [6.07, 6.45) is 3.78. The molecule has 0 saturated heterocycles. The zero-order valence-electron chi connectivity index (χ0n) is 11.3. The number of nitrogens with zero attached hydrogens (tertiary/aromatic N) is 3. The second-order valence-corrected chi connectivity index (χ2v) is 4.91. The average molecular weight is 237 g/mol. The van der Waals surface area contributed by atoms with Crippen LogP contribution in [0, 0.1) is 11.8 Å².